The molecule has 0 unspecified atom stereocenters. The summed E-state index contributed by atoms with van der Waals surface area (Å²) in [5, 5.41) is 3.58. The third-order valence-corrected chi connectivity index (χ3v) is 5.25. The molecule has 0 saturated heterocycles. The SMILES string of the molecule is CC[C@H](C(=O)N[C@@H](C)CC)N(Cc1ccccc1)C(=O)Cc1ccccc1Cl. The molecule has 0 aromatic heterocycles. The van der Waals surface area contributed by atoms with Crippen LogP contribution in [0.5, 0.6) is 0 Å². The van der Waals surface area contributed by atoms with Crippen molar-refractivity contribution in [2.45, 2.75) is 58.7 Å². The molecule has 5 heteroatoms. The minimum Gasteiger partial charge on any atom is -0.352 e. The van der Waals surface area contributed by atoms with Gasteiger partial charge in [0.25, 0.3) is 0 Å². The molecule has 28 heavy (non-hydrogen) atoms. The van der Waals surface area contributed by atoms with E-state index in [1.165, 1.54) is 0 Å². The van der Waals surface area contributed by atoms with Crippen LogP contribution in [0.25, 0.3) is 0 Å². The highest BCUT2D eigenvalue weighted by Gasteiger charge is 2.29. The summed E-state index contributed by atoms with van der Waals surface area (Å²) in [5.74, 6) is -0.219. The van der Waals surface area contributed by atoms with Gasteiger partial charge in [0, 0.05) is 17.6 Å². The lowest BCUT2D eigenvalue weighted by atomic mass is 10.1. The van der Waals surface area contributed by atoms with Gasteiger partial charge in [0.15, 0.2) is 0 Å². The van der Waals surface area contributed by atoms with Crippen LogP contribution in [0, 0.1) is 0 Å². The van der Waals surface area contributed by atoms with Crippen LogP contribution in [0.4, 0.5) is 0 Å². The summed E-state index contributed by atoms with van der Waals surface area (Å²) in [6.07, 6.45) is 1.55. The van der Waals surface area contributed by atoms with E-state index in [1.54, 1.807) is 11.0 Å². The number of carbonyl (C=O) groups excluding carboxylic acids is 2. The van der Waals surface area contributed by atoms with Crippen molar-refractivity contribution in [1.29, 1.82) is 0 Å². The van der Waals surface area contributed by atoms with Gasteiger partial charge in [0.05, 0.1) is 6.42 Å². The van der Waals surface area contributed by atoms with Crippen LogP contribution in [-0.2, 0) is 22.6 Å². The summed E-state index contributed by atoms with van der Waals surface area (Å²) in [5.41, 5.74) is 1.76. The predicted octanol–water partition coefficient (Wildman–Crippen LogP) is 4.60. The molecule has 0 radical (unpaired) electrons. The van der Waals surface area contributed by atoms with Crippen LogP contribution in [0.3, 0.4) is 0 Å². The first-order chi connectivity index (χ1) is 13.5. The lowest BCUT2D eigenvalue weighted by Crippen LogP contribution is -2.51. The van der Waals surface area contributed by atoms with Gasteiger partial charge in [-0.05, 0) is 37.0 Å². The topological polar surface area (TPSA) is 49.4 Å². The van der Waals surface area contributed by atoms with E-state index in [2.05, 4.69) is 5.32 Å². The first-order valence-corrected chi connectivity index (χ1v) is 10.2. The molecular weight excluding hydrogens is 372 g/mol. The van der Waals surface area contributed by atoms with Crippen LogP contribution in [0.15, 0.2) is 54.6 Å². The summed E-state index contributed by atoms with van der Waals surface area (Å²) in [6, 6.07) is 16.6. The number of nitrogens with zero attached hydrogens (tertiary/aromatic N) is 1. The van der Waals surface area contributed by atoms with E-state index in [0.29, 0.717) is 18.0 Å². The number of nitrogens with one attached hydrogen (secondary N) is 1. The van der Waals surface area contributed by atoms with Gasteiger partial charge < -0.3 is 10.2 Å². The number of benzene rings is 2. The Kier molecular flexibility index (Phi) is 8.52. The number of halogens is 1. The molecule has 0 bridgehead atoms. The molecule has 0 aliphatic heterocycles. The van der Waals surface area contributed by atoms with Crippen LogP contribution in [-0.4, -0.2) is 28.8 Å². The maximum atomic E-state index is 13.2. The van der Waals surface area contributed by atoms with Crippen LogP contribution in [0.1, 0.15) is 44.7 Å². The summed E-state index contributed by atoms with van der Waals surface area (Å²) in [7, 11) is 0. The molecule has 2 amide bonds. The zero-order chi connectivity index (χ0) is 20.5. The first-order valence-electron chi connectivity index (χ1n) is 9.83. The second-order valence-electron chi connectivity index (χ2n) is 7.02. The number of amides is 2. The molecule has 0 fully saturated rings. The van der Waals surface area contributed by atoms with Gasteiger partial charge in [-0.1, -0.05) is 74.0 Å². The lowest BCUT2D eigenvalue weighted by Gasteiger charge is -2.31. The third kappa shape index (κ3) is 6.10. The Morgan fingerprint density at radius 3 is 2.25 bits per heavy atom. The Bertz CT molecular complexity index is 779. The summed E-state index contributed by atoms with van der Waals surface area (Å²) < 4.78 is 0. The fraction of sp³-hybridized carbons (Fsp3) is 0.391. The molecule has 150 valence electrons. The number of hydrogen-bond acceptors (Lipinski definition) is 2. The van der Waals surface area contributed by atoms with E-state index in [-0.39, 0.29) is 24.3 Å². The maximum absolute atomic E-state index is 13.2. The minimum absolute atomic E-state index is 0.0683. The third-order valence-electron chi connectivity index (χ3n) is 4.88. The van der Waals surface area contributed by atoms with Gasteiger partial charge in [-0.15, -0.1) is 0 Å². The van der Waals surface area contributed by atoms with E-state index >= 15 is 0 Å². The van der Waals surface area contributed by atoms with Crippen molar-refractivity contribution >= 4 is 23.4 Å². The Hall–Kier alpha value is -2.33. The van der Waals surface area contributed by atoms with Crippen molar-refractivity contribution in [2.75, 3.05) is 0 Å². The Morgan fingerprint density at radius 1 is 1.00 bits per heavy atom. The highest BCUT2D eigenvalue weighted by molar-refractivity contribution is 6.31. The van der Waals surface area contributed by atoms with Crippen LogP contribution >= 0.6 is 11.6 Å². The smallest absolute Gasteiger partial charge is 0.243 e. The summed E-state index contributed by atoms with van der Waals surface area (Å²) in [6.45, 7) is 6.31. The summed E-state index contributed by atoms with van der Waals surface area (Å²) in [4.78, 5) is 27.8. The fourth-order valence-electron chi connectivity index (χ4n) is 3.05. The molecule has 2 atom stereocenters. The molecule has 0 heterocycles. The molecule has 2 rings (SSSR count). The van der Waals surface area contributed by atoms with Gasteiger partial charge in [-0.2, -0.15) is 0 Å². The Balaban J connectivity index is 2.27. The second-order valence-corrected chi connectivity index (χ2v) is 7.42. The van der Waals surface area contributed by atoms with Crippen molar-refractivity contribution in [1.82, 2.24) is 10.2 Å². The van der Waals surface area contributed by atoms with E-state index in [1.807, 2.05) is 69.3 Å². The van der Waals surface area contributed by atoms with Gasteiger partial charge in [0.2, 0.25) is 11.8 Å². The maximum Gasteiger partial charge on any atom is 0.243 e. The molecular formula is C23H29ClN2O2. The molecule has 0 aliphatic rings. The fourth-order valence-corrected chi connectivity index (χ4v) is 3.25. The van der Waals surface area contributed by atoms with Crippen LogP contribution < -0.4 is 5.32 Å². The molecule has 4 nitrogen and oxygen atoms in total. The Morgan fingerprint density at radius 2 is 1.64 bits per heavy atom. The second kappa shape index (κ2) is 10.9. The molecule has 0 spiro atoms. The molecule has 2 aromatic carbocycles. The molecule has 2 aromatic rings. The van der Waals surface area contributed by atoms with E-state index < -0.39 is 6.04 Å². The molecule has 1 N–H and O–H groups in total. The first kappa shape index (κ1) is 22.0. The van der Waals surface area contributed by atoms with Gasteiger partial charge in [-0.3, -0.25) is 9.59 Å². The number of carbonyl (C=O) groups is 2. The molecule has 0 aliphatic carbocycles. The van der Waals surface area contributed by atoms with E-state index in [9.17, 15) is 9.59 Å². The highest BCUT2D eigenvalue weighted by Crippen LogP contribution is 2.19. The predicted molar refractivity (Wildman–Crippen MR) is 114 cm³/mol. The Labute approximate surface area is 172 Å². The van der Waals surface area contributed by atoms with Crippen molar-refractivity contribution in [3.8, 4) is 0 Å². The molecule has 0 saturated carbocycles. The van der Waals surface area contributed by atoms with E-state index in [0.717, 1.165) is 17.5 Å². The minimum atomic E-state index is -0.524. The van der Waals surface area contributed by atoms with Gasteiger partial charge in [0.1, 0.15) is 6.04 Å². The summed E-state index contributed by atoms with van der Waals surface area (Å²) >= 11 is 6.25. The largest absolute Gasteiger partial charge is 0.352 e. The standard InChI is InChI=1S/C23H29ClN2O2/c1-4-17(3)25-23(28)21(5-2)26(16-18-11-7-6-8-12-18)22(27)15-19-13-9-10-14-20(19)24/h6-14,17,21H,4-5,15-16H2,1-3H3,(H,25,28)/t17-,21+/m0/s1. The zero-order valence-electron chi connectivity index (χ0n) is 16.8. The van der Waals surface area contributed by atoms with Crippen molar-refractivity contribution < 1.29 is 9.59 Å². The van der Waals surface area contributed by atoms with Gasteiger partial charge >= 0.3 is 0 Å². The highest BCUT2D eigenvalue weighted by atomic mass is 35.5. The van der Waals surface area contributed by atoms with Crippen molar-refractivity contribution in [3.63, 3.8) is 0 Å². The monoisotopic (exact) mass is 400 g/mol. The average Bonchev–Trinajstić information content (AvgIpc) is 2.70. The van der Waals surface area contributed by atoms with Gasteiger partial charge in [-0.25, -0.2) is 0 Å². The number of hydrogen-bond donors (Lipinski definition) is 1. The van der Waals surface area contributed by atoms with Crippen molar-refractivity contribution in [2.24, 2.45) is 0 Å². The lowest BCUT2D eigenvalue weighted by molar-refractivity contribution is -0.141. The quantitative estimate of drug-likeness (QED) is 0.668. The average molecular weight is 401 g/mol. The number of rotatable bonds is 9. The van der Waals surface area contributed by atoms with Crippen molar-refractivity contribution in [3.05, 3.63) is 70.7 Å². The normalized spacial score (nSPS) is 12.9. The van der Waals surface area contributed by atoms with Crippen LogP contribution in [0.2, 0.25) is 5.02 Å². The zero-order valence-corrected chi connectivity index (χ0v) is 17.6. The van der Waals surface area contributed by atoms with E-state index in [4.69, 9.17) is 11.6 Å².